The van der Waals surface area contributed by atoms with Crippen LogP contribution in [0.15, 0.2) is 34.4 Å². The van der Waals surface area contributed by atoms with Crippen LogP contribution in [-0.2, 0) is 12.8 Å². The molecule has 1 aromatic carbocycles. The second-order valence-electron chi connectivity index (χ2n) is 4.77. The summed E-state index contributed by atoms with van der Waals surface area (Å²) in [5, 5.41) is 14.3. The summed E-state index contributed by atoms with van der Waals surface area (Å²) >= 11 is 1.31. The van der Waals surface area contributed by atoms with Crippen LogP contribution in [0.25, 0.3) is 0 Å². The van der Waals surface area contributed by atoms with Gasteiger partial charge >= 0.3 is 5.69 Å². The number of rotatable bonds is 4. The summed E-state index contributed by atoms with van der Waals surface area (Å²) in [4.78, 5) is 19.7. The Morgan fingerprint density at radius 2 is 2.10 bits per heavy atom. The molecule has 0 fully saturated rings. The van der Waals surface area contributed by atoms with Gasteiger partial charge in [0.15, 0.2) is 5.03 Å². The van der Waals surface area contributed by atoms with Crippen LogP contribution >= 0.6 is 11.8 Å². The molecule has 1 aliphatic carbocycles. The van der Waals surface area contributed by atoms with Crippen molar-refractivity contribution >= 4 is 23.3 Å². The topological polar surface area (TPSA) is 81.0 Å². The zero-order valence-electron chi connectivity index (χ0n) is 11.5. The maximum atomic E-state index is 11.3. The Morgan fingerprint density at radius 1 is 1.29 bits per heavy atom. The van der Waals surface area contributed by atoms with E-state index in [0.29, 0.717) is 5.03 Å². The Kier molecular flexibility index (Phi) is 3.74. The number of nitrogens with one attached hydrogen (secondary N) is 1. The number of fused-ring (bicyclic) bond motifs is 1. The number of nitro groups is 1. The number of aryl methyl sites for hydroxylation is 2. The highest BCUT2D eigenvalue weighted by Crippen LogP contribution is 2.37. The highest BCUT2D eigenvalue weighted by molar-refractivity contribution is 7.99. The van der Waals surface area contributed by atoms with Crippen molar-refractivity contribution in [2.45, 2.75) is 29.2 Å². The smallest absolute Gasteiger partial charge is 0.343 e. The summed E-state index contributed by atoms with van der Waals surface area (Å²) < 4.78 is 0. The number of anilines is 1. The predicted molar refractivity (Wildman–Crippen MR) is 80.8 cm³/mol. The Balaban J connectivity index is 1.96. The molecule has 108 valence electrons. The molecular weight excluding hydrogens is 288 g/mol. The molecule has 21 heavy (non-hydrogen) atoms. The van der Waals surface area contributed by atoms with Crippen LogP contribution in [0.5, 0.6) is 0 Å². The van der Waals surface area contributed by atoms with Crippen molar-refractivity contribution in [3.63, 3.8) is 0 Å². The van der Waals surface area contributed by atoms with Gasteiger partial charge in [-0.2, -0.15) is 0 Å². The number of hydrogen-bond donors (Lipinski definition) is 1. The van der Waals surface area contributed by atoms with Crippen LogP contribution in [0.3, 0.4) is 0 Å². The average Bonchev–Trinajstić information content (AvgIpc) is 2.94. The molecule has 2 aromatic rings. The first-order chi connectivity index (χ1) is 10.2. The molecule has 0 unspecified atom stereocenters. The van der Waals surface area contributed by atoms with Gasteiger partial charge in [0, 0.05) is 11.9 Å². The number of hydrogen-bond acceptors (Lipinski definition) is 6. The molecular formula is C14H14N4O2S. The van der Waals surface area contributed by atoms with E-state index in [4.69, 9.17) is 0 Å². The van der Waals surface area contributed by atoms with Crippen LogP contribution in [0.1, 0.15) is 17.5 Å². The summed E-state index contributed by atoms with van der Waals surface area (Å²) in [6.07, 6.45) is 4.73. The van der Waals surface area contributed by atoms with Gasteiger partial charge in [-0.25, -0.2) is 9.97 Å². The summed E-state index contributed by atoms with van der Waals surface area (Å²) in [5.41, 5.74) is 2.64. The lowest BCUT2D eigenvalue weighted by Crippen LogP contribution is -2.02. The second kappa shape index (κ2) is 5.69. The van der Waals surface area contributed by atoms with Gasteiger partial charge in [0.2, 0.25) is 5.82 Å². The molecule has 1 N–H and O–H groups in total. The third-order valence-corrected chi connectivity index (χ3v) is 4.47. The molecule has 0 saturated carbocycles. The van der Waals surface area contributed by atoms with Crippen molar-refractivity contribution in [3.8, 4) is 0 Å². The monoisotopic (exact) mass is 302 g/mol. The fourth-order valence-corrected chi connectivity index (χ4v) is 3.44. The molecule has 0 saturated heterocycles. The van der Waals surface area contributed by atoms with Crippen molar-refractivity contribution in [2.75, 3.05) is 12.4 Å². The number of benzene rings is 1. The lowest BCUT2D eigenvalue weighted by atomic mass is 10.1. The average molecular weight is 302 g/mol. The van der Waals surface area contributed by atoms with E-state index in [1.807, 2.05) is 6.07 Å². The molecule has 1 aromatic heterocycles. The quantitative estimate of drug-likeness (QED) is 0.531. The SMILES string of the molecule is CNc1ncnc(Sc2ccc3c(c2)CCC3)c1[N+](=O)[O-]. The molecule has 1 heterocycles. The summed E-state index contributed by atoms with van der Waals surface area (Å²) in [6.45, 7) is 0. The fourth-order valence-electron chi connectivity index (χ4n) is 2.51. The lowest BCUT2D eigenvalue weighted by molar-refractivity contribution is -0.387. The van der Waals surface area contributed by atoms with Gasteiger partial charge in [0.05, 0.1) is 4.92 Å². The van der Waals surface area contributed by atoms with Gasteiger partial charge in [-0.15, -0.1) is 0 Å². The van der Waals surface area contributed by atoms with Crippen LogP contribution < -0.4 is 5.32 Å². The van der Waals surface area contributed by atoms with Gasteiger partial charge in [-0.05, 0) is 42.5 Å². The minimum Gasteiger partial charge on any atom is -0.367 e. The van der Waals surface area contributed by atoms with Gasteiger partial charge < -0.3 is 5.32 Å². The Morgan fingerprint density at radius 3 is 2.86 bits per heavy atom. The van der Waals surface area contributed by atoms with Crippen LogP contribution in [0.2, 0.25) is 0 Å². The predicted octanol–water partition coefficient (Wildman–Crippen LogP) is 3.07. The third kappa shape index (κ3) is 2.69. The van der Waals surface area contributed by atoms with E-state index in [9.17, 15) is 10.1 Å². The van der Waals surface area contributed by atoms with Crippen molar-refractivity contribution in [1.82, 2.24) is 9.97 Å². The molecule has 0 radical (unpaired) electrons. The van der Waals surface area contributed by atoms with E-state index < -0.39 is 4.92 Å². The molecule has 0 spiro atoms. The molecule has 3 rings (SSSR count). The minimum absolute atomic E-state index is 0.0782. The molecule has 7 heteroatoms. The highest BCUT2D eigenvalue weighted by Gasteiger charge is 2.23. The second-order valence-corrected chi connectivity index (χ2v) is 5.83. The van der Waals surface area contributed by atoms with Gasteiger partial charge in [0.1, 0.15) is 6.33 Å². The maximum absolute atomic E-state index is 11.3. The van der Waals surface area contributed by atoms with E-state index in [1.165, 1.54) is 35.6 Å². The van der Waals surface area contributed by atoms with Gasteiger partial charge in [0.25, 0.3) is 0 Å². The standard InChI is InChI=1S/C14H14N4O2S/c1-15-13-12(18(19)20)14(17-8-16-13)21-11-6-5-9-3-2-4-10(9)7-11/h5-8H,2-4H2,1H3,(H,15,16,17). The fraction of sp³-hybridized carbons (Fsp3) is 0.286. The molecule has 1 aliphatic rings. The van der Waals surface area contributed by atoms with E-state index in [-0.39, 0.29) is 11.5 Å². The van der Waals surface area contributed by atoms with Crippen LogP contribution in [-0.4, -0.2) is 21.9 Å². The van der Waals surface area contributed by atoms with Gasteiger partial charge in [-0.1, -0.05) is 17.8 Å². The molecule has 6 nitrogen and oxygen atoms in total. The van der Waals surface area contributed by atoms with Crippen LogP contribution in [0.4, 0.5) is 11.5 Å². The normalized spacial score (nSPS) is 13.0. The minimum atomic E-state index is -0.443. The first kappa shape index (κ1) is 13.8. The molecule has 0 amide bonds. The zero-order chi connectivity index (χ0) is 14.8. The molecule has 0 atom stereocenters. The van der Waals surface area contributed by atoms with E-state index >= 15 is 0 Å². The summed E-state index contributed by atoms with van der Waals surface area (Å²) in [6, 6.07) is 6.22. The van der Waals surface area contributed by atoms with Crippen LogP contribution in [0, 0.1) is 10.1 Å². The van der Waals surface area contributed by atoms with Crippen molar-refractivity contribution in [2.24, 2.45) is 0 Å². The Labute approximate surface area is 126 Å². The van der Waals surface area contributed by atoms with Crippen molar-refractivity contribution < 1.29 is 4.92 Å². The Bertz CT molecular complexity index is 705. The van der Waals surface area contributed by atoms with E-state index in [1.54, 1.807) is 7.05 Å². The largest absolute Gasteiger partial charge is 0.367 e. The van der Waals surface area contributed by atoms with Crippen molar-refractivity contribution in [1.29, 1.82) is 0 Å². The number of nitrogens with zero attached hydrogens (tertiary/aromatic N) is 3. The van der Waals surface area contributed by atoms with Gasteiger partial charge in [-0.3, -0.25) is 10.1 Å². The summed E-state index contributed by atoms with van der Waals surface area (Å²) in [7, 11) is 1.61. The molecule has 0 bridgehead atoms. The van der Waals surface area contributed by atoms with Crippen molar-refractivity contribution in [3.05, 3.63) is 45.8 Å². The number of aromatic nitrogens is 2. The van der Waals surface area contributed by atoms with E-state index in [2.05, 4.69) is 27.4 Å². The zero-order valence-corrected chi connectivity index (χ0v) is 12.3. The third-order valence-electron chi connectivity index (χ3n) is 3.49. The first-order valence-electron chi connectivity index (χ1n) is 6.66. The Hall–Kier alpha value is -2.15. The summed E-state index contributed by atoms with van der Waals surface area (Å²) in [5.74, 6) is 0.235. The lowest BCUT2D eigenvalue weighted by Gasteiger charge is -2.07. The van der Waals surface area contributed by atoms with E-state index in [0.717, 1.165) is 17.7 Å². The first-order valence-corrected chi connectivity index (χ1v) is 7.47. The molecule has 0 aliphatic heterocycles. The maximum Gasteiger partial charge on any atom is 0.343 e. The highest BCUT2D eigenvalue weighted by atomic mass is 32.2.